The fourth-order valence-electron chi connectivity index (χ4n) is 3.37. The van der Waals surface area contributed by atoms with E-state index in [1.807, 2.05) is 32.0 Å². The van der Waals surface area contributed by atoms with Gasteiger partial charge in [0, 0.05) is 12.5 Å². The molecule has 1 aliphatic heterocycles. The van der Waals surface area contributed by atoms with E-state index in [-0.39, 0.29) is 30.0 Å². The minimum atomic E-state index is -0.551. The van der Waals surface area contributed by atoms with Crippen molar-refractivity contribution in [2.75, 3.05) is 5.32 Å². The van der Waals surface area contributed by atoms with Crippen LogP contribution in [0.2, 0.25) is 0 Å². The highest BCUT2D eigenvalue weighted by Crippen LogP contribution is 2.40. The van der Waals surface area contributed by atoms with Crippen molar-refractivity contribution >= 4 is 40.1 Å². The number of anilines is 1. The fourth-order valence-corrected chi connectivity index (χ4v) is 4.57. The van der Waals surface area contributed by atoms with E-state index in [0.717, 1.165) is 29.7 Å². The lowest BCUT2D eigenvalue weighted by molar-refractivity contribution is -0.128. The Balaban J connectivity index is 1.54. The highest BCUT2D eigenvalue weighted by molar-refractivity contribution is 8.15. The molecule has 2 aromatic rings. The van der Waals surface area contributed by atoms with Crippen LogP contribution in [0.1, 0.15) is 30.4 Å². The Morgan fingerprint density at radius 3 is 2.52 bits per heavy atom. The molecular weight excluding hydrogens is 389 g/mol. The summed E-state index contributed by atoms with van der Waals surface area (Å²) in [6.45, 7) is 3.99. The molecule has 0 radical (unpaired) electrons. The zero-order valence-electron chi connectivity index (χ0n) is 16.3. The Bertz CT molecular complexity index is 983. The summed E-state index contributed by atoms with van der Waals surface area (Å²) in [5.74, 6) is -0.973. The first-order chi connectivity index (χ1) is 13.9. The van der Waals surface area contributed by atoms with E-state index >= 15 is 0 Å². The molecule has 29 heavy (non-hydrogen) atoms. The van der Waals surface area contributed by atoms with Crippen molar-refractivity contribution < 1.29 is 14.0 Å². The first kappa shape index (κ1) is 19.6. The summed E-state index contributed by atoms with van der Waals surface area (Å²) in [6, 6.07) is 12.1. The summed E-state index contributed by atoms with van der Waals surface area (Å²) >= 11 is 1.32. The number of amides is 2. The lowest BCUT2D eigenvalue weighted by Crippen LogP contribution is -2.35. The molecule has 7 heteroatoms. The number of hydrogen-bond acceptors (Lipinski definition) is 4. The number of nitrogens with zero attached hydrogens (tertiary/aromatic N) is 2. The monoisotopic (exact) mass is 411 g/mol. The molecule has 5 nitrogen and oxygen atoms in total. The molecule has 2 aliphatic rings. The molecule has 1 aliphatic carbocycles. The molecule has 150 valence electrons. The van der Waals surface area contributed by atoms with Crippen LogP contribution < -0.4 is 5.32 Å². The third-order valence-electron chi connectivity index (χ3n) is 5.04. The third kappa shape index (κ3) is 4.19. The Morgan fingerprint density at radius 2 is 1.86 bits per heavy atom. The smallest absolute Gasteiger partial charge is 0.242 e. The lowest BCUT2D eigenvalue weighted by atomic mass is 10.1. The standard InChI is InChI=1S/C22H22FN3O2S/c1-13-6-5-7-14(2)20(13)25-22-26(15-10-11-15)21(28)18(29-22)12-19(27)24-17-9-4-3-8-16(17)23/h3-9,15,18H,10-12H2,1-2H3,(H,24,27). The molecule has 1 saturated carbocycles. The van der Waals surface area contributed by atoms with Crippen molar-refractivity contribution in [3.05, 3.63) is 59.4 Å². The van der Waals surface area contributed by atoms with Crippen molar-refractivity contribution in [1.82, 2.24) is 4.90 Å². The number of hydrogen-bond donors (Lipinski definition) is 1. The molecule has 1 N–H and O–H groups in total. The average molecular weight is 412 g/mol. The van der Waals surface area contributed by atoms with Gasteiger partial charge in [0.15, 0.2) is 5.17 Å². The van der Waals surface area contributed by atoms with Crippen LogP contribution in [0.4, 0.5) is 15.8 Å². The van der Waals surface area contributed by atoms with Crippen molar-refractivity contribution in [2.45, 2.75) is 44.4 Å². The predicted molar refractivity (Wildman–Crippen MR) is 114 cm³/mol. The molecular formula is C22H22FN3O2S. The number of rotatable bonds is 5. The normalized spacial score (nSPS) is 20.4. The van der Waals surface area contributed by atoms with Gasteiger partial charge in [0.05, 0.1) is 11.4 Å². The maximum Gasteiger partial charge on any atom is 0.242 e. The van der Waals surface area contributed by atoms with Gasteiger partial charge in [-0.2, -0.15) is 0 Å². The second-order valence-electron chi connectivity index (χ2n) is 7.41. The highest BCUT2D eigenvalue weighted by Gasteiger charge is 2.46. The zero-order chi connectivity index (χ0) is 20.5. The predicted octanol–water partition coefficient (Wildman–Crippen LogP) is 4.57. The first-order valence-electron chi connectivity index (χ1n) is 9.63. The van der Waals surface area contributed by atoms with E-state index in [2.05, 4.69) is 5.32 Å². The van der Waals surface area contributed by atoms with Crippen molar-refractivity contribution in [2.24, 2.45) is 4.99 Å². The summed E-state index contributed by atoms with van der Waals surface area (Å²) in [7, 11) is 0. The molecule has 1 saturated heterocycles. The van der Waals surface area contributed by atoms with Crippen LogP contribution in [0.25, 0.3) is 0 Å². The summed E-state index contributed by atoms with van der Waals surface area (Å²) < 4.78 is 13.8. The number of amidine groups is 1. The number of benzene rings is 2. The first-order valence-corrected chi connectivity index (χ1v) is 10.5. The van der Waals surface area contributed by atoms with Gasteiger partial charge in [0.25, 0.3) is 0 Å². The number of halogens is 1. The number of nitrogens with one attached hydrogen (secondary N) is 1. The van der Waals surface area contributed by atoms with Crippen molar-refractivity contribution in [3.8, 4) is 0 Å². The van der Waals surface area contributed by atoms with E-state index in [0.29, 0.717) is 5.17 Å². The van der Waals surface area contributed by atoms with Gasteiger partial charge in [-0.25, -0.2) is 9.38 Å². The second kappa shape index (κ2) is 7.99. The Morgan fingerprint density at radius 1 is 1.17 bits per heavy atom. The largest absolute Gasteiger partial charge is 0.324 e. The van der Waals surface area contributed by atoms with E-state index in [9.17, 15) is 14.0 Å². The number of thioether (sulfide) groups is 1. The topological polar surface area (TPSA) is 61.8 Å². The molecule has 2 aromatic carbocycles. The maximum absolute atomic E-state index is 13.8. The van der Waals surface area contributed by atoms with Gasteiger partial charge < -0.3 is 5.32 Å². The Hall–Kier alpha value is -2.67. The molecule has 1 heterocycles. The second-order valence-corrected chi connectivity index (χ2v) is 8.58. The molecule has 2 fully saturated rings. The third-order valence-corrected chi connectivity index (χ3v) is 6.20. The Kier molecular flexibility index (Phi) is 5.41. The molecule has 2 amide bonds. The van der Waals surface area contributed by atoms with E-state index in [4.69, 9.17) is 4.99 Å². The SMILES string of the molecule is Cc1cccc(C)c1N=C1SC(CC(=O)Nc2ccccc2F)C(=O)N1C1CC1. The molecule has 0 bridgehead atoms. The van der Waals surface area contributed by atoms with Crippen molar-refractivity contribution in [1.29, 1.82) is 0 Å². The minimum Gasteiger partial charge on any atom is -0.324 e. The van der Waals surface area contributed by atoms with E-state index in [1.54, 1.807) is 17.0 Å². The van der Waals surface area contributed by atoms with Gasteiger partial charge in [0.1, 0.15) is 11.1 Å². The molecule has 1 atom stereocenters. The maximum atomic E-state index is 13.8. The summed E-state index contributed by atoms with van der Waals surface area (Å²) in [4.78, 5) is 32.0. The van der Waals surface area contributed by atoms with Gasteiger partial charge >= 0.3 is 0 Å². The number of carbonyl (C=O) groups excluding carboxylic acids is 2. The minimum absolute atomic E-state index is 0.0210. The molecule has 0 spiro atoms. The van der Waals surface area contributed by atoms with Crippen LogP contribution in [-0.2, 0) is 9.59 Å². The van der Waals surface area contributed by atoms with Crippen LogP contribution in [0.15, 0.2) is 47.5 Å². The summed E-state index contributed by atoms with van der Waals surface area (Å²) in [6.07, 6.45) is 1.88. The quantitative estimate of drug-likeness (QED) is 0.784. The van der Waals surface area contributed by atoms with Gasteiger partial charge in [-0.1, -0.05) is 42.1 Å². The number of para-hydroxylation sites is 2. The fraction of sp³-hybridized carbons (Fsp3) is 0.318. The lowest BCUT2D eigenvalue weighted by Gasteiger charge is -2.16. The van der Waals surface area contributed by atoms with Gasteiger partial charge in [-0.3, -0.25) is 14.5 Å². The summed E-state index contributed by atoms with van der Waals surface area (Å²) in [5, 5.41) is 2.66. The number of carbonyl (C=O) groups is 2. The van der Waals surface area contributed by atoms with Crippen LogP contribution in [0.5, 0.6) is 0 Å². The molecule has 4 rings (SSSR count). The number of aryl methyl sites for hydroxylation is 2. The van der Waals surface area contributed by atoms with Gasteiger partial charge in [0.2, 0.25) is 11.8 Å². The van der Waals surface area contributed by atoms with Gasteiger partial charge in [-0.15, -0.1) is 0 Å². The number of aliphatic imine (C=N–C) groups is 1. The molecule has 1 unspecified atom stereocenters. The van der Waals surface area contributed by atoms with Crippen LogP contribution in [-0.4, -0.2) is 33.2 Å². The molecule has 0 aromatic heterocycles. The van der Waals surface area contributed by atoms with E-state index < -0.39 is 11.1 Å². The van der Waals surface area contributed by atoms with Gasteiger partial charge in [-0.05, 0) is 49.9 Å². The zero-order valence-corrected chi connectivity index (χ0v) is 17.1. The Labute approximate surface area is 173 Å². The van der Waals surface area contributed by atoms with Crippen LogP contribution in [0.3, 0.4) is 0 Å². The summed E-state index contributed by atoms with van der Waals surface area (Å²) in [5.41, 5.74) is 3.07. The highest BCUT2D eigenvalue weighted by atomic mass is 32.2. The van der Waals surface area contributed by atoms with Crippen molar-refractivity contribution in [3.63, 3.8) is 0 Å². The van der Waals surface area contributed by atoms with Crippen LogP contribution in [0, 0.1) is 19.7 Å². The average Bonchev–Trinajstić information content (AvgIpc) is 3.46. The van der Waals surface area contributed by atoms with E-state index in [1.165, 1.54) is 23.9 Å². The van der Waals surface area contributed by atoms with Crippen LogP contribution >= 0.6 is 11.8 Å².